The van der Waals surface area contributed by atoms with Crippen molar-refractivity contribution in [3.8, 4) is 17.2 Å². The Morgan fingerprint density at radius 2 is 1.88 bits per heavy atom. The fraction of sp³-hybridized carbons (Fsp3) is 0.318. The summed E-state index contributed by atoms with van der Waals surface area (Å²) in [5, 5.41) is 10.6. The number of anilines is 2. The molecule has 1 aliphatic heterocycles. The Morgan fingerprint density at radius 1 is 1.15 bits per heavy atom. The Bertz CT molecular complexity index is 1130. The van der Waals surface area contributed by atoms with Crippen molar-refractivity contribution in [2.24, 2.45) is 0 Å². The molecule has 0 spiro atoms. The first-order valence-electron chi connectivity index (χ1n) is 10.3. The van der Waals surface area contributed by atoms with Crippen LogP contribution in [-0.4, -0.2) is 55.3 Å². The number of nitrogens with one attached hydrogen (secondary N) is 1. The quantitative estimate of drug-likeness (QED) is 0.486. The summed E-state index contributed by atoms with van der Waals surface area (Å²) in [4.78, 5) is 14.4. The van der Waals surface area contributed by atoms with Crippen LogP contribution in [0.4, 0.5) is 24.5 Å². The summed E-state index contributed by atoms with van der Waals surface area (Å²) in [6, 6.07) is 10.3. The lowest BCUT2D eigenvalue weighted by molar-refractivity contribution is -0.137. The largest absolute Gasteiger partial charge is 0.497 e. The van der Waals surface area contributed by atoms with E-state index in [1.807, 2.05) is 4.90 Å². The number of thioether (sulfide) groups is 1. The summed E-state index contributed by atoms with van der Waals surface area (Å²) in [5.74, 6) is 0.338. The van der Waals surface area contributed by atoms with Crippen molar-refractivity contribution < 1.29 is 31.9 Å². The van der Waals surface area contributed by atoms with Gasteiger partial charge in [0, 0.05) is 18.7 Å². The van der Waals surface area contributed by atoms with Gasteiger partial charge in [-0.05, 0) is 42.5 Å². The minimum atomic E-state index is -4.53. The molecule has 0 saturated carbocycles. The highest BCUT2D eigenvalue weighted by Gasteiger charge is 2.32. The van der Waals surface area contributed by atoms with E-state index in [-0.39, 0.29) is 22.6 Å². The Morgan fingerprint density at radius 3 is 2.56 bits per heavy atom. The van der Waals surface area contributed by atoms with Gasteiger partial charge in [0.2, 0.25) is 11.8 Å². The fourth-order valence-electron chi connectivity index (χ4n) is 3.32. The van der Waals surface area contributed by atoms with Crippen molar-refractivity contribution in [3.63, 3.8) is 0 Å². The maximum Gasteiger partial charge on any atom is 0.416 e. The maximum atomic E-state index is 13.2. The average Bonchev–Trinajstić information content (AvgIpc) is 3.32. The number of carbonyl (C=O) groups is 1. The number of carbonyl (C=O) groups excluding carboxylic acids is 1. The van der Waals surface area contributed by atoms with E-state index in [1.54, 1.807) is 31.4 Å². The lowest BCUT2D eigenvalue weighted by atomic mass is 10.1. The Kier molecular flexibility index (Phi) is 7.27. The first-order valence-corrected chi connectivity index (χ1v) is 11.3. The molecule has 1 amide bonds. The minimum Gasteiger partial charge on any atom is -0.497 e. The summed E-state index contributed by atoms with van der Waals surface area (Å²) in [6.45, 7) is 1.94. The second-order valence-corrected chi connectivity index (χ2v) is 8.19. The fourth-order valence-corrected chi connectivity index (χ4v) is 3.89. The third-order valence-electron chi connectivity index (χ3n) is 5.02. The Hall–Kier alpha value is -3.25. The first kappa shape index (κ1) is 23.9. The van der Waals surface area contributed by atoms with Crippen molar-refractivity contribution in [1.29, 1.82) is 0 Å². The molecule has 0 atom stereocenters. The predicted octanol–water partition coefficient (Wildman–Crippen LogP) is 4.33. The van der Waals surface area contributed by atoms with Gasteiger partial charge in [-0.2, -0.15) is 13.2 Å². The number of hydrogen-bond donors (Lipinski definition) is 1. The van der Waals surface area contributed by atoms with Crippen molar-refractivity contribution in [2.45, 2.75) is 11.4 Å². The van der Waals surface area contributed by atoms with Crippen LogP contribution in [-0.2, 0) is 15.7 Å². The number of rotatable bonds is 7. The maximum absolute atomic E-state index is 13.2. The van der Waals surface area contributed by atoms with Gasteiger partial charge in [-0.1, -0.05) is 11.8 Å². The van der Waals surface area contributed by atoms with Gasteiger partial charge < -0.3 is 24.1 Å². The molecule has 2 aromatic carbocycles. The number of morpholine rings is 1. The van der Waals surface area contributed by atoms with Crippen LogP contribution in [0.25, 0.3) is 11.5 Å². The molecule has 180 valence electrons. The number of amides is 1. The summed E-state index contributed by atoms with van der Waals surface area (Å²) < 4.78 is 55.7. The average molecular weight is 494 g/mol. The summed E-state index contributed by atoms with van der Waals surface area (Å²) in [5.41, 5.74) is 0.443. The topological polar surface area (TPSA) is 89.7 Å². The number of halogens is 3. The highest BCUT2D eigenvalue weighted by Crippen LogP contribution is 2.36. The van der Waals surface area contributed by atoms with E-state index in [2.05, 4.69) is 15.5 Å². The summed E-state index contributed by atoms with van der Waals surface area (Å²) >= 11 is 0.989. The molecule has 4 rings (SSSR count). The van der Waals surface area contributed by atoms with Crippen LogP contribution in [0, 0.1) is 0 Å². The molecule has 1 fully saturated rings. The Balaban J connectivity index is 1.43. The van der Waals surface area contributed by atoms with Crippen LogP contribution in [0.1, 0.15) is 5.56 Å². The molecule has 3 aromatic rings. The molecule has 0 radical (unpaired) electrons. The number of benzene rings is 2. The van der Waals surface area contributed by atoms with Crippen molar-refractivity contribution in [3.05, 3.63) is 48.0 Å². The molecule has 0 unspecified atom stereocenters. The number of hydrogen-bond acceptors (Lipinski definition) is 8. The molecule has 1 N–H and O–H groups in total. The van der Waals surface area contributed by atoms with E-state index in [4.69, 9.17) is 13.9 Å². The van der Waals surface area contributed by atoms with Gasteiger partial charge in [-0.25, -0.2) is 0 Å². The number of methoxy groups -OCH3 is 1. The molecule has 1 aliphatic rings. The van der Waals surface area contributed by atoms with Crippen LogP contribution < -0.4 is 15.0 Å². The molecular formula is C22H21F3N4O4S. The van der Waals surface area contributed by atoms with Crippen LogP contribution in [0.15, 0.2) is 52.1 Å². The monoisotopic (exact) mass is 494 g/mol. The molecule has 1 saturated heterocycles. The van der Waals surface area contributed by atoms with Gasteiger partial charge >= 0.3 is 6.18 Å². The third-order valence-corrected chi connectivity index (χ3v) is 5.84. The van der Waals surface area contributed by atoms with Crippen LogP contribution >= 0.6 is 11.8 Å². The van der Waals surface area contributed by atoms with Crippen molar-refractivity contribution >= 4 is 29.0 Å². The second-order valence-electron chi connectivity index (χ2n) is 7.27. The predicted molar refractivity (Wildman–Crippen MR) is 120 cm³/mol. The van der Waals surface area contributed by atoms with E-state index in [1.165, 1.54) is 6.07 Å². The highest BCUT2D eigenvalue weighted by molar-refractivity contribution is 7.99. The zero-order chi connectivity index (χ0) is 24.1. The highest BCUT2D eigenvalue weighted by atomic mass is 32.2. The molecular weight excluding hydrogens is 473 g/mol. The summed E-state index contributed by atoms with van der Waals surface area (Å²) in [6.07, 6.45) is -4.53. The van der Waals surface area contributed by atoms with Gasteiger partial charge in [0.1, 0.15) is 5.75 Å². The van der Waals surface area contributed by atoms with E-state index >= 15 is 0 Å². The van der Waals surface area contributed by atoms with Gasteiger partial charge in [0.05, 0.1) is 43.0 Å². The number of nitrogens with zero attached hydrogens (tertiary/aromatic N) is 3. The Labute approximate surface area is 197 Å². The lowest BCUT2D eigenvalue weighted by Gasteiger charge is -2.31. The van der Waals surface area contributed by atoms with Gasteiger partial charge in [-0.15, -0.1) is 10.2 Å². The van der Waals surface area contributed by atoms with Crippen LogP contribution in [0.2, 0.25) is 0 Å². The smallest absolute Gasteiger partial charge is 0.416 e. The molecule has 0 bridgehead atoms. The first-order chi connectivity index (χ1) is 16.3. The van der Waals surface area contributed by atoms with E-state index in [0.29, 0.717) is 43.3 Å². The van der Waals surface area contributed by atoms with E-state index < -0.39 is 17.6 Å². The number of ether oxygens (including phenoxy) is 2. The van der Waals surface area contributed by atoms with Crippen molar-refractivity contribution in [2.75, 3.05) is 49.4 Å². The van der Waals surface area contributed by atoms with E-state index in [0.717, 1.165) is 23.9 Å². The zero-order valence-electron chi connectivity index (χ0n) is 18.1. The zero-order valence-corrected chi connectivity index (χ0v) is 18.9. The third kappa shape index (κ3) is 5.81. The standard InChI is InChI=1S/C22H21F3N4O4S/c1-31-16-5-2-14(3-6-16)20-27-28-21(33-20)34-13-19(30)26-17-12-15(22(23,24)25)4-7-18(17)29-8-10-32-11-9-29/h2-7,12H,8-11,13H2,1H3,(H,26,30). The summed E-state index contributed by atoms with van der Waals surface area (Å²) in [7, 11) is 1.56. The number of aromatic nitrogens is 2. The van der Waals surface area contributed by atoms with Gasteiger partial charge in [-0.3, -0.25) is 4.79 Å². The molecule has 2 heterocycles. The molecule has 8 nitrogen and oxygen atoms in total. The van der Waals surface area contributed by atoms with Gasteiger partial charge in [0.25, 0.3) is 5.22 Å². The molecule has 34 heavy (non-hydrogen) atoms. The van der Waals surface area contributed by atoms with E-state index in [9.17, 15) is 18.0 Å². The van der Waals surface area contributed by atoms with Crippen molar-refractivity contribution in [1.82, 2.24) is 10.2 Å². The lowest BCUT2D eigenvalue weighted by Crippen LogP contribution is -2.37. The minimum absolute atomic E-state index is 0.0896. The number of alkyl halides is 3. The molecule has 12 heteroatoms. The molecule has 0 aliphatic carbocycles. The second kappa shape index (κ2) is 10.3. The molecule has 1 aromatic heterocycles. The SMILES string of the molecule is COc1ccc(-c2nnc(SCC(=O)Nc3cc(C(F)(F)F)ccc3N3CCOCC3)o2)cc1. The normalized spacial score (nSPS) is 14.2. The van der Waals surface area contributed by atoms with Gasteiger partial charge in [0.15, 0.2) is 0 Å². The van der Waals surface area contributed by atoms with Crippen LogP contribution in [0.5, 0.6) is 5.75 Å². The van der Waals surface area contributed by atoms with Crippen LogP contribution in [0.3, 0.4) is 0 Å².